The van der Waals surface area contributed by atoms with E-state index in [2.05, 4.69) is 29.7 Å². The van der Waals surface area contributed by atoms with Crippen LogP contribution >= 0.6 is 11.8 Å². The van der Waals surface area contributed by atoms with Crippen molar-refractivity contribution in [3.05, 3.63) is 58.5 Å². The van der Waals surface area contributed by atoms with Crippen LogP contribution in [0.3, 0.4) is 0 Å². The zero-order valence-corrected chi connectivity index (χ0v) is 17.3. The van der Waals surface area contributed by atoms with Gasteiger partial charge in [-0.1, -0.05) is 36.9 Å². The third-order valence-electron chi connectivity index (χ3n) is 4.26. The molecule has 1 heterocycles. The van der Waals surface area contributed by atoms with Crippen LogP contribution in [0.25, 0.3) is 6.08 Å². The van der Waals surface area contributed by atoms with Gasteiger partial charge >= 0.3 is 0 Å². The van der Waals surface area contributed by atoms with Gasteiger partial charge in [0, 0.05) is 5.69 Å². The number of anilines is 1. The molecule has 2 N–H and O–H groups in total. The van der Waals surface area contributed by atoms with E-state index in [0.29, 0.717) is 29.6 Å². The van der Waals surface area contributed by atoms with E-state index in [9.17, 15) is 4.79 Å². The Kier molecular flexibility index (Phi) is 6.87. The molecule has 6 heteroatoms. The predicted octanol–water partition coefficient (Wildman–Crippen LogP) is 4.65. The van der Waals surface area contributed by atoms with Crippen LogP contribution in [-0.2, 0) is 11.2 Å². The molecule has 0 spiro atoms. The Hall–Kier alpha value is -2.60. The SMILES string of the molecule is CCOc1ccc(/C=C2\S[C@H](Nc3ccc(CC)cc3)NC2=O)cc1OCC. The molecule has 0 saturated carbocycles. The van der Waals surface area contributed by atoms with E-state index in [4.69, 9.17) is 9.47 Å². The molecule has 1 saturated heterocycles. The van der Waals surface area contributed by atoms with Gasteiger partial charge in [-0.15, -0.1) is 0 Å². The molecule has 2 aromatic carbocycles. The third-order valence-corrected chi connectivity index (χ3v) is 5.28. The fourth-order valence-electron chi connectivity index (χ4n) is 2.86. The number of aryl methyl sites for hydroxylation is 1. The summed E-state index contributed by atoms with van der Waals surface area (Å²) < 4.78 is 11.3. The molecule has 0 unspecified atom stereocenters. The lowest BCUT2D eigenvalue weighted by Gasteiger charge is -2.13. The van der Waals surface area contributed by atoms with Gasteiger partial charge in [0.25, 0.3) is 5.91 Å². The number of carbonyl (C=O) groups is 1. The minimum atomic E-state index is -0.194. The van der Waals surface area contributed by atoms with E-state index < -0.39 is 0 Å². The first-order valence-electron chi connectivity index (χ1n) is 9.57. The molecule has 1 aliphatic heterocycles. The van der Waals surface area contributed by atoms with Crippen LogP contribution in [0.15, 0.2) is 47.4 Å². The van der Waals surface area contributed by atoms with Crippen molar-refractivity contribution in [1.29, 1.82) is 0 Å². The average molecular weight is 399 g/mol. The van der Waals surface area contributed by atoms with Crippen molar-refractivity contribution < 1.29 is 14.3 Å². The van der Waals surface area contributed by atoms with Gasteiger partial charge in [0.15, 0.2) is 17.0 Å². The second-order valence-electron chi connectivity index (χ2n) is 6.25. The van der Waals surface area contributed by atoms with Gasteiger partial charge in [-0.25, -0.2) is 0 Å². The molecule has 2 aromatic rings. The summed E-state index contributed by atoms with van der Waals surface area (Å²) in [5.74, 6) is 1.32. The Labute approximate surface area is 170 Å². The largest absolute Gasteiger partial charge is 0.490 e. The minimum Gasteiger partial charge on any atom is -0.490 e. The molecule has 28 heavy (non-hydrogen) atoms. The van der Waals surface area contributed by atoms with Crippen LogP contribution in [0.1, 0.15) is 31.9 Å². The molecule has 3 rings (SSSR count). The van der Waals surface area contributed by atoms with E-state index in [1.807, 2.05) is 50.3 Å². The molecule has 0 aromatic heterocycles. The topological polar surface area (TPSA) is 59.6 Å². The second kappa shape index (κ2) is 9.55. The molecule has 1 fully saturated rings. The van der Waals surface area contributed by atoms with Crippen molar-refractivity contribution in [2.45, 2.75) is 32.7 Å². The van der Waals surface area contributed by atoms with Crippen LogP contribution in [0.4, 0.5) is 5.69 Å². The maximum Gasteiger partial charge on any atom is 0.260 e. The number of carbonyl (C=O) groups excluding carboxylic acids is 1. The van der Waals surface area contributed by atoms with E-state index >= 15 is 0 Å². The highest BCUT2D eigenvalue weighted by atomic mass is 32.2. The van der Waals surface area contributed by atoms with Crippen molar-refractivity contribution in [1.82, 2.24) is 5.32 Å². The van der Waals surface area contributed by atoms with E-state index in [1.54, 1.807) is 0 Å². The highest BCUT2D eigenvalue weighted by molar-refractivity contribution is 8.05. The normalized spacial score (nSPS) is 17.5. The molecular weight excluding hydrogens is 372 g/mol. The maximum atomic E-state index is 12.4. The van der Waals surface area contributed by atoms with Gasteiger partial charge in [-0.3, -0.25) is 4.79 Å². The summed E-state index contributed by atoms with van der Waals surface area (Å²) in [5, 5.41) is 6.30. The van der Waals surface area contributed by atoms with Crippen molar-refractivity contribution in [2.75, 3.05) is 18.5 Å². The lowest BCUT2D eigenvalue weighted by atomic mass is 10.1. The Balaban J connectivity index is 1.71. The lowest BCUT2D eigenvalue weighted by molar-refractivity contribution is -0.116. The number of hydrogen-bond acceptors (Lipinski definition) is 5. The fraction of sp³-hybridized carbons (Fsp3) is 0.318. The summed E-state index contributed by atoms with van der Waals surface area (Å²) in [7, 11) is 0. The molecule has 1 aliphatic rings. The lowest BCUT2D eigenvalue weighted by Crippen LogP contribution is -2.30. The molecular formula is C22H26N2O3S. The highest BCUT2D eigenvalue weighted by Gasteiger charge is 2.27. The molecule has 5 nitrogen and oxygen atoms in total. The quantitative estimate of drug-likeness (QED) is 0.634. The van der Waals surface area contributed by atoms with Gasteiger partial charge in [0.2, 0.25) is 0 Å². The average Bonchev–Trinajstić information content (AvgIpc) is 3.03. The molecule has 0 bridgehead atoms. The highest BCUT2D eigenvalue weighted by Crippen LogP contribution is 2.33. The Morgan fingerprint density at radius 1 is 1.04 bits per heavy atom. The van der Waals surface area contributed by atoms with E-state index in [-0.39, 0.29) is 11.4 Å². The molecule has 0 aliphatic carbocycles. The first kappa shape index (κ1) is 20.1. The Morgan fingerprint density at radius 3 is 2.43 bits per heavy atom. The van der Waals surface area contributed by atoms with Gasteiger partial charge in [0.05, 0.1) is 18.1 Å². The summed E-state index contributed by atoms with van der Waals surface area (Å²) in [5.41, 5.74) is 2.98. The Bertz CT molecular complexity index is 849. The van der Waals surface area contributed by atoms with Gasteiger partial charge in [-0.2, -0.15) is 0 Å². The van der Waals surface area contributed by atoms with Gasteiger partial charge in [-0.05, 0) is 61.7 Å². The fourth-order valence-corrected chi connectivity index (χ4v) is 3.85. The van der Waals surface area contributed by atoms with Gasteiger partial charge < -0.3 is 20.1 Å². The number of thioether (sulfide) groups is 1. The van der Waals surface area contributed by atoms with Crippen molar-refractivity contribution in [2.24, 2.45) is 0 Å². The molecule has 148 valence electrons. The summed E-state index contributed by atoms with van der Waals surface area (Å²) in [6.07, 6.45) is 2.88. The number of amides is 1. The smallest absolute Gasteiger partial charge is 0.260 e. The van der Waals surface area contributed by atoms with Crippen LogP contribution in [0.2, 0.25) is 0 Å². The van der Waals surface area contributed by atoms with Crippen LogP contribution in [0.5, 0.6) is 11.5 Å². The van der Waals surface area contributed by atoms with Crippen molar-refractivity contribution >= 4 is 29.4 Å². The van der Waals surface area contributed by atoms with Crippen LogP contribution < -0.4 is 20.1 Å². The molecule has 0 radical (unpaired) electrons. The number of benzene rings is 2. The minimum absolute atomic E-state index is 0.0838. The zero-order valence-electron chi connectivity index (χ0n) is 16.5. The third kappa shape index (κ3) is 5.01. The standard InChI is InChI=1S/C22H26N2O3S/c1-4-15-7-10-17(11-8-15)23-22-24-21(25)20(28-22)14-16-9-12-18(26-5-2)19(13-16)27-6-3/h7-14,22-23H,4-6H2,1-3H3,(H,24,25)/b20-14-/t22-/m1/s1. The van der Waals surface area contributed by atoms with Crippen molar-refractivity contribution in [3.63, 3.8) is 0 Å². The summed E-state index contributed by atoms with van der Waals surface area (Å²) >= 11 is 1.47. The van der Waals surface area contributed by atoms with Crippen molar-refractivity contribution in [3.8, 4) is 11.5 Å². The number of hydrogen-bond donors (Lipinski definition) is 2. The molecule has 1 amide bonds. The second-order valence-corrected chi connectivity index (χ2v) is 7.39. The number of nitrogens with one attached hydrogen (secondary N) is 2. The zero-order chi connectivity index (χ0) is 19.9. The predicted molar refractivity (Wildman–Crippen MR) is 116 cm³/mol. The van der Waals surface area contributed by atoms with Crippen LogP contribution in [0, 0.1) is 0 Å². The summed E-state index contributed by atoms with van der Waals surface area (Å²) in [6.45, 7) is 7.13. The number of rotatable bonds is 8. The van der Waals surface area contributed by atoms with Crippen LogP contribution in [-0.4, -0.2) is 24.6 Å². The number of ether oxygens (including phenoxy) is 2. The molecule has 1 atom stereocenters. The maximum absolute atomic E-state index is 12.4. The monoisotopic (exact) mass is 398 g/mol. The van der Waals surface area contributed by atoms with E-state index in [1.165, 1.54) is 17.3 Å². The summed E-state index contributed by atoms with van der Waals surface area (Å²) in [6, 6.07) is 14.0. The first-order valence-corrected chi connectivity index (χ1v) is 10.4. The first-order chi connectivity index (χ1) is 13.6. The Morgan fingerprint density at radius 2 is 1.75 bits per heavy atom. The summed E-state index contributed by atoms with van der Waals surface area (Å²) in [4.78, 5) is 13.0. The van der Waals surface area contributed by atoms with Gasteiger partial charge in [0.1, 0.15) is 0 Å². The van der Waals surface area contributed by atoms with E-state index in [0.717, 1.165) is 17.7 Å².